The van der Waals surface area contributed by atoms with Crippen LogP contribution in [0.5, 0.6) is 0 Å². The first-order valence-electron chi connectivity index (χ1n) is 9.37. The Hall–Kier alpha value is -2.67. The molecule has 2 aromatic rings. The van der Waals surface area contributed by atoms with Gasteiger partial charge in [0.1, 0.15) is 5.82 Å². The highest BCUT2D eigenvalue weighted by atomic mass is 16.2. The lowest BCUT2D eigenvalue weighted by molar-refractivity contribution is -0.117. The number of nitrogens with zero attached hydrogens (tertiary/aromatic N) is 3. The Kier molecular flexibility index (Phi) is 6.24. The molecule has 7 nitrogen and oxygen atoms in total. The van der Waals surface area contributed by atoms with Crippen LogP contribution >= 0.6 is 0 Å². The lowest BCUT2D eigenvalue weighted by Gasteiger charge is -2.31. The summed E-state index contributed by atoms with van der Waals surface area (Å²) in [4.78, 5) is 30.0. The lowest BCUT2D eigenvalue weighted by Crippen LogP contribution is -2.40. The van der Waals surface area contributed by atoms with E-state index < -0.39 is 0 Å². The molecule has 0 saturated carbocycles. The molecule has 7 heteroatoms. The van der Waals surface area contributed by atoms with E-state index >= 15 is 0 Å². The molecular formula is C20H27N5O2. The fourth-order valence-corrected chi connectivity index (χ4v) is 3.48. The molecule has 0 bridgehead atoms. The highest BCUT2D eigenvalue weighted by Crippen LogP contribution is 2.20. The Labute approximate surface area is 159 Å². The summed E-state index contributed by atoms with van der Waals surface area (Å²) < 4.78 is 2.20. The minimum Gasteiger partial charge on any atom is -0.335 e. The van der Waals surface area contributed by atoms with Gasteiger partial charge in [0.2, 0.25) is 11.8 Å². The number of rotatable bonds is 6. The van der Waals surface area contributed by atoms with Crippen LogP contribution in [0.2, 0.25) is 0 Å². The van der Waals surface area contributed by atoms with Crippen LogP contribution in [0.15, 0.2) is 36.7 Å². The standard InChI is InChI=1S/C20H27N5O2/c1-15-21-8-11-25(15)13-17-6-9-24(10-7-17)14-20(27)23-19-5-3-4-18(12-19)22-16(2)26/h3-5,8,11-12,17H,6-7,9-10,13-14H2,1-2H3,(H,22,26)(H,23,27). The monoisotopic (exact) mass is 369 g/mol. The molecule has 0 radical (unpaired) electrons. The van der Waals surface area contributed by atoms with Crippen molar-refractivity contribution in [2.45, 2.75) is 33.2 Å². The molecule has 1 aromatic heterocycles. The summed E-state index contributed by atoms with van der Waals surface area (Å²) in [5.41, 5.74) is 1.37. The maximum absolute atomic E-state index is 12.3. The second kappa shape index (κ2) is 8.81. The number of carbonyl (C=O) groups excluding carboxylic acids is 2. The smallest absolute Gasteiger partial charge is 0.238 e. The molecule has 27 heavy (non-hydrogen) atoms. The number of hydrogen-bond acceptors (Lipinski definition) is 4. The van der Waals surface area contributed by atoms with Crippen LogP contribution in [0.3, 0.4) is 0 Å². The van der Waals surface area contributed by atoms with Gasteiger partial charge in [0.05, 0.1) is 6.54 Å². The van der Waals surface area contributed by atoms with E-state index in [4.69, 9.17) is 0 Å². The number of aromatic nitrogens is 2. The minimum absolute atomic E-state index is 0.0288. The number of hydrogen-bond donors (Lipinski definition) is 2. The van der Waals surface area contributed by atoms with Crippen molar-refractivity contribution < 1.29 is 9.59 Å². The van der Waals surface area contributed by atoms with E-state index in [1.165, 1.54) is 6.92 Å². The molecular weight excluding hydrogens is 342 g/mol. The van der Waals surface area contributed by atoms with Gasteiger partial charge in [-0.1, -0.05) is 6.07 Å². The number of anilines is 2. The summed E-state index contributed by atoms with van der Waals surface area (Å²) in [7, 11) is 0. The quantitative estimate of drug-likeness (QED) is 0.820. The van der Waals surface area contributed by atoms with Gasteiger partial charge in [-0.05, 0) is 57.0 Å². The first-order chi connectivity index (χ1) is 13.0. The van der Waals surface area contributed by atoms with Crippen LogP contribution in [0.25, 0.3) is 0 Å². The minimum atomic E-state index is -0.132. The second-order valence-corrected chi connectivity index (χ2v) is 7.16. The third-order valence-electron chi connectivity index (χ3n) is 4.92. The molecule has 0 atom stereocenters. The van der Waals surface area contributed by atoms with E-state index in [0.717, 1.165) is 38.3 Å². The molecule has 1 fully saturated rings. The number of nitrogens with one attached hydrogen (secondary N) is 2. The van der Waals surface area contributed by atoms with Gasteiger partial charge in [0.15, 0.2) is 0 Å². The highest BCUT2D eigenvalue weighted by molar-refractivity contribution is 5.94. The van der Waals surface area contributed by atoms with E-state index in [2.05, 4.69) is 25.1 Å². The van der Waals surface area contributed by atoms with E-state index in [1.807, 2.05) is 31.5 Å². The molecule has 1 aliphatic heterocycles. The molecule has 2 N–H and O–H groups in total. The van der Waals surface area contributed by atoms with Crippen molar-refractivity contribution in [2.24, 2.45) is 5.92 Å². The summed E-state index contributed by atoms with van der Waals surface area (Å²) in [5, 5.41) is 5.63. The van der Waals surface area contributed by atoms with Crippen LogP contribution in [0.4, 0.5) is 11.4 Å². The number of aryl methyl sites for hydroxylation is 1. The fraction of sp³-hybridized carbons (Fsp3) is 0.450. The number of piperidine rings is 1. The van der Waals surface area contributed by atoms with Crippen molar-refractivity contribution in [1.29, 1.82) is 0 Å². The number of carbonyl (C=O) groups is 2. The Balaban J connectivity index is 1.44. The SMILES string of the molecule is CC(=O)Nc1cccc(NC(=O)CN2CCC(Cn3ccnc3C)CC2)c1. The Morgan fingerprint density at radius 2 is 1.89 bits per heavy atom. The molecule has 144 valence electrons. The molecule has 0 spiro atoms. The molecule has 0 aliphatic carbocycles. The fourth-order valence-electron chi connectivity index (χ4n) is 3.48. The van der Waals surface area contributed by atoms with Gasteiger partial charge >= 0.3 is 0 Å². The van der Waals surface area contributed by atoms with E-state index in [-0.39, 0.29) is 11.8 Å². The van der Waals surface area contributed by atoms with Crippen molar-refractivity contribution in [3.05, 3.63) is 42.5 Å². The van der Waals surface area contributed by atoms with Crippen LogP contribution < -0.4 is 10.6 Å². The second-order valence-electron chi connectivity index (χ2n) is 7.16. The zero-order valence-corrected chi connectivity index (χ0v) is 15.9. The van der Waals surface area contributed by atoms with Gasteiger partial charge in [-0.3, -0.25) is 14.5 Å². The average molecular weight is 369 g/mol. The summed E-state index contributed by atoms with van der Waals surface area (Å²) >= 11 is 0. The predicted octanol–water partition coefficient (Wildman–Crippen LogP) is 2.50. The molecule has 2 heterocycles. The lowest BCUT2D eigenvalue weighted by atomic mass is 9.96. The number of benzene rings is 1. The Bertz CT molecular complexity index is 793. The molecule has 2 amide bonds. The van der Waals surface area contributed by atoms with Crippen molar-refractivity contribution in [3.8, 4) is 0 Å². The Morgan fingerprint density at radius 3 is 2.52 bits per heavy atom. The molecule has 3 rings (SSSR count). The maximum Gasteiger partial charge on any atom is 0.238 e. The first kappa shape index (κ1) is 19.1. The van der Waals surface area contributed by atoms with Crippen molar-refractivity contribution in [2.75, 3.05) is 30.3 Å². The van der Waals surface area contributed by atoms with Crippen LogP contribution in [-0.4, -0.2) is 45.9 Å². The summed E-state index contributed by atoms with van der Waals surface area (Å²) in [6.45, 7) is 6.74. The maximum atomic E-state index is 12.3. The highest BCUT2D eigenvalue weighted by Gasteiger charge is 2.21. The molecule has 1 saturated heterocycles. The number of imidazole rings is 1. The Morgan fingerprint density at radius 1 is 1.19 bits per heavy atom. The van der Waals surface area contributed by atoms with E-state index in [9.17, 15) is 9.59 Å². The largest absolute Gasteiger partial charge is 0.335 e. The third-order valence-corrected chi connectivity index (χ3v) is 4.92. The summed E-state index contributed by atoms with van der Waals surface area (Å²) in [6, 6.07) is 7.19. The van der Waals surface area contributed by atoms with E-state index in [1.54, 1.807) is 12.1 Å². The molecule has 0 unspecified atom stereocenters. The molecule has 1 aliphatic rings. The van der Waals surface area contributed by atoms with Crippen LogP contribution in [0, 0.1) is 12.8 Å². The average Bonchev–Trinajstić information content (AvgIpc) is 3.01. The zero-order valence-electron chi connectivity index (χ0n) is 15.9. The van der Waals surface area contributed by atoms with Crippen molar-refractivity contribution in [3.63, 3.8) is 0 Å². The van der Waals surface area contributed by atoms with Gasteiger partial charge in [0, 0.05) is 37.2 Å². The number of likely N-dealkylation sites (tertiary alicyclic amines) is 1. The van der Waals surface area contributed by atoms with Crippen molar-refractivity contribution in [1.82, 2.24) is 14.5 Å². The van der Waals surface area contributed by atoms with Crippen molar-refractivity contribution >= 4 is 23.2 Å². The van der Waals surface area contributed by atoms with Crippen LogP contribution in [-0.2, 0) is 16.1 Å². The zero-order chi connectivity index (χ0) is 19.2. The van der Waals surface area contributed by atoms with Crippen LogP contribution in [0.1, 0.15) is 25.6 Å². The predicted molar refractivity (Wildman–Crippen MR) is 106 cm³/mol. The van der Waals surface area contributed by atoms with Gasteiger partial charge in [-0.25, -0.2) is 4.98 Å². The van der Waals surface area contributed by atoms with Gasteiger partial charge in [-0.15, -0.1) is 0 Å². The van der Waals surface area contributed by atoms with Gasteiger partial charge < -0.3 is 15.2 Å². The normalized spacial score (nSPS) is 15.5. The topological polar surface area (TPSA) is 79.3 Å². The van der Waals surface area contributed by atoms with E-state index in [0.29, 0.717) is 23.8 Å². The number of amides is 2. The third kappa shape index (κ3) is 5.65. The summed E-state index contributed by atoms with van der Waals surface area (Å²) in [5.74, 6) is 1.52. The molecule has 1 aromatic carbocycles. The first-order valence-corrected chi connectivity index (χ1v) is 9.37. The van der Waals surface area contributed by atoms with Gasteiger partial charge in [0.25, 0.3) is 0 Å². The summed E-state index contributed by atoms with van der Waals surface area (Å²) in [6.07, 6.45) is 6.05. The van der Waals surface area contributed by atoms with Gasteiger partial charge in [-0.2, -0.15) is 0 Å².